The fourth-order valence-corrected chi connectivity index (χ4v) is 3.15. The van der Waals surface area contributed by atoms with Gasteiger partial charge in [0.15, 0.2) is 0 Å². The predicted molar refractivity (Wildman–Crippen MR) is 86.9 cm³/mol. The average molecular weight is 289 g/mol. The van der Waals surface area contributed by atoms with Crippen LogP contribution >= 0.6 is 0 Å². The molecule has 1 heterocycles. The molecule has 21 heavy (non-hydrogen) atoms. The van der Waals surface area contributed by atoms with Crippen LogP contribution in [0.5, 0.6) is 5.75 Å². The Bertz CT molecular complexity index is 479. The molecule has 0 aromatic heterocycles. The summed E-state index contributed by atoms with van der Waals surface area (Å²) in [7, 11) is 1.69. The van der Waals surface area contributed by atoms with Crippen molar-refractivity contribution < 1.29 is 4.74 Å². The zero-order valence-corrected chi connectivity index (χ0v) is 13.2. The molecule has 3 N–H and O–H groups in total. The van der Waals surface area contributed by atoms with Gasteiger partial charge in [-0.15, -0.1) is 0 Å². The van der Waals surface area contributed by atoms with Crippen molar-refractivity contribution in [1.29, 1.82) is 5.41 Å². The first-order valence-corrected chi connectivity index (χ1v) is 7.87. The van der Waals surface area contributed by atoms with Gasteiger partial charge in [-0.3, -0.25) is 10.3 Å². The topological polar surface area (TPSA) is 62.3 Å². The maximum absolute atomic E-state index is 7.58. The second-order valence-electron chi connectivity index (χ2n) is 5.95. The fourth-order valence-electron chi connectivity index (χ4n) is 3.15. The number of likely N-dealkylation sites (tertiary alicyclic amines) is 1. The minimum absolute atomic E-state index is 0.112. The van der Waals surface area contributed by atoms with Crippen molar-refractivity contribution in [2.24, 2.45) is 11.7 Å². The molecule has 116 valence electrons. The molecule has 4 nitrogen and oxygen atoms in total. The maximum atomic E-state index is 7.58. The van der Waals surface area contributed by atoms with Crippen molar-refractivity contribution in [3.05, 3.63) is 29.3 Å². The van der Waals surface area contributed by atoms with E-state index in [1.807, 2.05) is 18.2 Å². The molecule has 0 unspecified atom stereocenters. The molecule has 1 aromatic carbocycles. The molecular formula is C17H27N3O. The summed E-state index contributed by atoms with van der Waals surface area (Å²) in [5.41, 5.74) is 7.48. The molecule has 1 aromatic rings. The van der Waals surface area contributed by atoms with E-state index in [1.165, 1.54) is 25.7 Å². The van der Waals surface area contributed by atoms with E-state index in [-0.39, 0.29) is 5.84 Å². The number of hydrogen-bond acceptors (Lipinski definition) is 3. The van der Waals surface area contributed by atoms with Crippen LogP contribution in [0.4, 0.5) is 0 Å². The number of amidine groups is 1. The van der Waals surface area contributed by atoms with Crippen LogP contribution in [-0.2, 0) is 6.54 Å². The number of nitrogens with one attached hydrogen (secondary N) is 1. The summed E-state index contributed by atoms with van der Waals surface area (Å²) >= 11 is 0. The lowest BCUT2D eigenvalue weighted by atomic mass is 9.92. The number of methoxy groups -OCH3 is 1. The van der Waals surface area contributed by atoms with Crippen LogP contribution in [0, 0.1) is 11.3 Å². The van der Waals surface area contributed by atoms with E-state index in [0.29, 0.717) is 0 Å². The van der Waals surface area contributed by atoms with Crippen molar-refractivity contribution in [2.45, 2.75) is 39.2 Å². The molecular weight excluding hydrogens is 262 g/mol. The molecule has 4 heteroatoms. The zero-order valence-electron chi connectivity index (χ0n) is 13.2. The number of nitrogen functional groups attached to an aromatic ring is 1. The van der Waals surface area contributed by atoms with Gasteiger partial charge in [-0.1, -0.05) is 19.8 Å². The largest absolute Gasteiger partial charge is 0.496 e. The Morgan fingerprint density at radius 1 is 1.38 bits per heavy atom. The third-order valence-corrected chi connectivity index (χ3v) is 4.39. The molecule has 1 saturated heterocycles. The highest BCUT2D eigenvalue weighted by atomic mass is 16.5. The molecule has 1 aliphatic rings. The maximum Gasteiger partial charge on any atom is 0.123 e. The van der Waals surface area contributed by atoms with E-state index < -0.39 is 0 Å². The lowest BCUT2D eigenvalue weighted by molar-refractivity contribution is 0.170. The van der Waals surface area contributed by atoms with Crippen LogP contribution in [-0.4, -0.2) is 30.9 Å². The molecule has 0 amide bonds. The first-order chi connectivity index (χ1) is 10.1. The van der Waals surface area contributed by atoms with E-state index in [9.17, 15) is 0 Å². The van der Waals surface area contributed by atoms with Crippen LogP contribution in [0.25, 0.3) is 0 Å². The zero-order chi connectivity index (χ0) is 15.2. The molecule has 0 spiro atoms. The van der Waals surface area contributed by atoms with Gasteiger partial charge in [0.1, 0.15) is 11.6 Å². The van der Waals surface area contributed by atoms with Crippen molar-refractivity contribution in [3.63, 3.8) is 0 Å². The van der Waals surface area contributed by atoms with E-state index in [4.69, 9.17) is 15.9 Å². The average Bonchev–Trinajstić information content (AvgIpc) is 2.49. The molecule has 0 saturated carbocycles. The van der Waals surface area contributed by atoms with E-state index in [0.717, 1.165) is 42.4 Å². The second-order valence-corrected chi connectivity index (χ2v) is 5.95. The van der Waals surface area contributed by atoms with Crippen LogP contribution in [0.2, 0.25) is 0 Å². The fraction of sp³-hybridized carbons (Fsp3) is 0.588. The summed E-state index contributed by atoms with van der Waals surface area (Å²) in [5.74, 6) is 1.90. The standard InChI is InChI=1S/C17H27N3O/c1-3-4-13-7-9-20(10-8-13)12-15-11-14(17(18)19)5-6-16(15)21-2/h5-6,11,13H,3-4,7-10,12H2,1-2H3,(H3,18,19). The number of nitrogens with zero attached hydrogens (tertiary/aromatic N) is 1. The SMILES string of the molecule is CCCC1CCN(Cc2cc(C(=N)N)ccc2OC)CC1. The van der Waals surface area contributed by atoms with Crippen LogP contribution < -0.4 is 10.5 Å². The van der Waals surface area contributed by atoms with Gasteiger partial charge in [-0.25, -0.2) is 0 Å². The van der Waals surface area contributed by atoms with Gasteiger partial charge in [0, 0.05) is 17.7 Å². The van der Waals surface area contributed by atoms with Gasteiger partial charge in [0.2, 0.25) is 0 Å². The summed E-state index contributed by atoms with van der Waals surface area (Å²) in [6.07, 6.45) is 5.24. The Morgan fingerprint density at radius 2 is 2.10 bits per heavy atom. The molecule has 0 atom stereocenters. The summed E-state index contributed by atoms with van der Waals surface area (Å²) < 4.78 is 5.44. The predicted octanol–water partition coefficient (Wildman–Crippen LogP) is 2.99. The van der Waals surface area contributed by atoms with E-state index >= 15 is 0 Å². The number of hydrogen-bond donors (Lipinski definition) is 2. The highest BCUT2D eigenvalue weighted by molar-refractivity contribution is 5.95. The van der Waals surface area contributed by atoms with E-state index in [2.05, 4.69) is 11.8 Å². The Morgan fingerprint density at radius 3 is 2.67 bits per heavy atom. The smallest absolute Gasteiger partial charge is 0.123 e. The summed E-state index contributed by atoms with van der Waals surface area (Å²) in [6, 6.07) is 5.74. The monoisotopic (exact) mass is 289 g/mol. The lowest BCUT2D eigenvalue weighted by Gasteiger charge is -2.32. The van der Waals surface area contributed by atoms with Crippen molar-refractivity contribution in [3.8, 4) is 5.75 Å². The minimum atomic E-state index is 0.112. The first-order valence-electron chi connectivity index (χ1n) is 7.87. The van der Waals surface area contributed by atoms with Crippen LogP contribution in [0.1, 0.15) is 43.7 Å². The molecule has 0 aliphatic carbocycles. The van der Waals surface area contributed by atoms with Crippen LogP contribution in [0.3, 0.4) is 0 Å². The van der Waals surface area contributed by atoms with Crippen molar-refractivity contribution >= 4 is 5.84 Å². The molecule has 2 rings (SSSR count). The molecule has 0 bridgehead atoms. The van der Waals surface area contributed by atoms with Crippen molar-refractivity contribution in [1.82, 2.24) is 4.90 Å². The highest BCUT2D eigenvalue weighted by Gasteiger charge is 2.19. The third-order valence-electron chi connectivity index (χ3n) is 4.39. The van der Waals surface area contributed by atoms with E-state index in [1.54, 1.807) is 7.11 Å². The molecule has 0 radical (unpaired) electrons. The first kappa shape index (κ1) is 15.8. The summed E-state index contributed by atoms with van der Waals surface area (Å²) in [4.78, 5) is 2.48. The Labute approximate surface area is 127 Å². The lowest BCUT2D eigenvalue weighted by Crippen LogP contribution is -2.33. The van der Waals surface area contributed by atoms with Gasteiger partial charge < -0.3 is 10.5 Å². The number of piperidine rings is 1. The summed E-state index contributed by atoms with van der Waals surface area (Å²) in [5, 5.41) is 7.58. The molecule has 1 fully saturated rings. The Kier molecular flexibility index (Phi) is 5.62. The quantitative estimate of drug-likeness (QED) is 0.625. The van der Waals surface area contributed by atoms with Gasteiger partial charge in [-0.05, 0) is 50.0 Å². The number of benzene rings is 1. The van der Waals surface area contributed by atoms with Gasteiger partial charge in [0.05, 0.1) is 7.11 Å². The number of rotatable bonds is 6. The Balaban J connectivity index is 2.02. The minimum Gasteiger partial charge on any atom is -0.496 e. The summed E-state index contributed by atoms with van der Waals surface area (Å²) in [6.45, 7) is 5.45. The van der Waals surface area contributed by atoms with Gasteiger partial charge in [-0.2, -0.15) is 0 Å². The second kappa shape index (κ2) is 7.46. The normalized spacial score (nSPS) is 16.9. The third kappa shape index (κ3) is 4.21. The highest BCUT2D eigenvalue weighted by Crippen LogP contribution is 2.26. The van der Waals surface area contributed by atoms with Gasteiger partial charge in [0.25, 0.3) is 0 Å². The van der Waals surface area contributed by atoms with Crippen LogP contribution in [0.15, 0.2) is 18.2 Å². The molecule has 1 aliphatic heterocycles. The van der Waals surface area contributed by atoms with Crippen molar-refractivity contribution in [2.75, 3.05) is 20.2 Å². The Hall–Kier alpha value is -1.55. The number of nitrogens with two attached hydrogens (primary N) is 1. The van der Waals surface area contributed by atoms with Gasteiger partial charge >= 0.3 is 0 Å². The number of ether oxygens (including phenoxy) is 1.